The summed E-state index contributed by atoms with van der Waals surface area (Å²) >= 11 is 0. The summed E-state index contributed by atoms with van der Waals surface area (Å²) in [4.78, 5) is 4.08. The van der Waals surface area contributed by atoms with Crippen molar-refractivity contribution < 1.29 is 0 Å². The Balaban J connectivity index is 1.68. The summed E-state index contributed by atoms with van der Waals surface area (Å²) < 4.78 is 1.99. The lowest BCUT2D eigenvalue weighted by atomic mass is 10.1. The van der Waals surface area contributed by atoms with Gasteiger partial charge in [0, 0.05) is 24.6 Å². The predicted octanol–water partition coefficient (Wildman–Crippen LogP) is 5.01. The summed E-state index contributed by atoms with van der Waals surface area (Å²) in [7, 11) is 0. The first-order chi connectivity index (χ1) is 11.3. The Kier molecular flexibility index (Phi) is 7.50. The summed E-state index contributed by atoms with van der Waals surface area (Å²) in [5.41, 5.74) is 8.96. The van der Waals surface area contributed by atoms with E-state index in [0.29, 0.717) is 0 Å². The summed E-state index contributed by atoms with van der Waals surface area (Å²) in [5, 5.41) is 3.47. The summed E-state index contributed by atoms with van der Waals surface area (Å²) in [6.07, 6.45) is 16.2. The molecule has 0 radical (unpaired) electrons. The Morgan fingerprint density at radius 1 is 1.04 bits per heavy atom. The molecule has 0 saturated carbocycles. The lowest BCUT2D eigenvalue weighted by molar-refractivity contribution is 0.581. The highest BCUT2D eigenvalue weighted by molar-refractivity contribution is 5.69. The predicted molar refractivity (Wildman–Crippen MR) is 99.1 cm³/mol. The molecule has 4 nitrogen and oxygen atoms in total. The molecule has 0 saturated heterocycles. The van der Waals surface area contributed by atoms with Crippen LogP contribution < -0.4 is 11.1 Å². The van der Waals surface area contributed by atoms with E-state index in [1.54, 1.807) is 12.5 Å². The molecule has 0 fully saturated rings. The lowest BCUT2D eigenvalue weighted by Gasteiger charge is -2.12. The highest BCUT2D eigenvalue weighted by atomic mass is 15.0. The first kappa shape index (κ1) is 17.4. The van der Waals surface area contributed by atoms with E-state index in [-0.39, 0.29) is 0 Å². The second-order valence-electron chi connectivity index (χ2n) is 6.14. The average Bonchev–Trinajstić information content (AvgIpc) is 3.09. The van der Waals surface area contributed by atoms with E-state index >= 15 is 0 Å². The number of aromatic nitrogens is 2. The zero-order chi connectivity index (χ0) is 16.3. The molecular formula is C19H30N4. The zero-order valence-electron chi connectivity index (χ0n) is 14.3. The Morgan fingerprint density at radius 3 is 2.48 bits per heavy atom. The van der Waals surface area contributed by atoms with Crippen molar-refractivity contribution in [3.63, 3.8) is 0 Å². The summed E-state index contributed by atoms with van der Waals surface area (Å²) in [6.45, 7) is 3.24. The maximum absolute atomic E-state index is 6.06. The van der Waals surface area contributed by atoms with E-state index in [9.17, 15) is 0 Å². The number of nitrogens with zero attached hydrogens (tertiary/aromatic N) is 2. The Morgan fingerprint density at radius 2 is 1.78 bits per heavy atom. The van der Waals surface area contributed by atoms with Gasteiger partial charge in [-0.15, -0.1) is 0 Å². The molecule has 4 heteroatoms. The molecule has 0 atom stereocenters. The molecule has 1 heterocycles. The number of hydrogen-bond donors (Lipinski definition) is 2. The van der Waals surface area contributed by atoms with Crippen LogP contribution >= 0.6 is 0 Å². The normalized spacial score (nSPS) is 10.8. The highest BCUT2D eigenvalue weighted by Crippen LogP contribution is 2.22. The number of imidazole rings is 1. The zero-order valence-corrected chi connectivity index (χ0v) is 14.3. The number of nitrogens with one attached hydrogen (secondary N) is 1. The third-order valence-corrected chi connectivity index (χ3v) is 4.19. The van der Waals surface area contributed by atoms with Gasteiger partial charge in [-0.25, -0.2) is 4.98 Å². The molecule has 0 aliphatic heterocycles. The van der Waals surface area contributed by atoms with E-state index in [1.807, 2.05) is 22.9 Å². The van der Waals surface area contributed by atoms with Crippen LogP contribution in [0.3, 0.4) is 0 Å². The van der Waals surface area contributed by atoms with E-state index in [4.69, 9.17) is 5.73 Å². The molecule has 1 aromatic heterocycles. The average molecular weight is 314 g/mol. The van der Waals surface area contributed by atoms with Crippen molar-refractivity contribution in [2.45, 2.75) is 58.3 Å². The van der Waals surface area contributed by atoms with Gasteiger partial charge < -0.3 is 15.6 Å². The number of anilines is 2. The molecule has 0 spiro atoms. The summed E-state index contributed by atoms with van der Waals surface area (Å²) in [5.74, 6) is 0. The Hall–Kier alpha value is -1.97. The maximum atomic E-state index is 6.06. The van der Waals surface area contributed by atoms with Crippen molar-refractivity contribution in [2.24, 2.45) is 0 Å². The number of rotatable bonds is 11. The largest absolute Gasteiger partial charge is 0.397 e. The SMILES string of the molecule is CCCCCCCCCCNc1cc(-n2ccnc2)ccc1N. The van der Waals surface area contributed by atoms with Crippen LogP contribution in [0.5, 0.6) is 0 Å². The van der Waals surface area contributed by atoms with Crippen LogP contribution in [0.1, 0.15) is 58.3 Å². The fourth-order valence-electron chi connectivity index (χ4n) is 2.75. The van der Waals surface area contributed by atoms with Gasteiger partial charge in [-0.3, -0.25) is 0 Å². The molecule has 2 aromatic rings. The summed E-state index contributed by atoms with van der Waals surface area (Å²) in [6, 6.07) is 6.05. The number of hydrogen-bond acceptors (Lipinski definition) is 3. The molecule has 0 unspecified atom stereocenters. The molecule has 126 valence electrons. The molecule has 2 rings (SSSR count). The molecule has 23 heavy (non-hydrogen) atoms. The number of nitrogens with two attached hydrogens (primary N) is 1. The van der Waals surface area contributed by atoms with E-state index in [2.05, 4.69) is 23.3 Å². The minimum atomic E-state index is 0.799. The van der Waals surface area contributed by atoms with Crippen LogP contribution in [0.2, 0.25) is 0 Å². The fraction of sp³-hybridized carbons (Fsp3) is 0.526. The topological polar surface area (TPSA) is 55.9 Å². The van der Waals surface area contributed by atoms with Crippen LogP contribution in [0, 0.1) is 0 Å². The molecule has 0 amide bonds. The minimum absolute atomic E-state index is 0.799. The quantitative estimate of drug-likeness (QED) is 0.453. The van der Waals surface area contributed by atoms with Crippen LogP contribution in [0.15, 0.2) is 36.9 Å². The van der Waals surface area contributed by atoms with Crippen LogP contribution in [0.4, 0.5) is 11.4 Å². The number of nitrogen functional groups attached to an aromatic ring is 1. The van der Waals surface area contributed by atoms with Crippen molar-refractivity contribution in [1.29, 1.82) is 0 Å². The maximum Gasteiger partial charge on any atom is 0.0991 e. The van der Waals surface area contributed by atoms with Crippen LogP contribution in [-0.2, 0) is 0 Å². The van der Waals surface area contributed by atoms with Gasteiger partial charge in [0.2, 0.25) is 0 Å². The van der Waals surface area contributed by atoms with Crippen molar-refractivity contribution >= 4 is 11.4 Å². The lowest BCUT2D eigenvalue weighted by Crippen LogP contribution is -2.05. The second kappa shape index (κ2) is 9.93. The standard InChI is InChI=1S/C19H30N4/c1-2-3-4-5-6-7-8-9-12-22-19-15-17(10-11-18(19)20)23-14-13-21-16-23/h10-11,13-16,22H,2-9,12,20H2,1H3. The Labute approximate surface area is 140 Å². The molecular weight excluding hydrogens is 284 g/mol. The molecule has 0 bridgehead atoms. The first-order valence-electron chi connectivity index (χ1n) is 8.93. The van der Waals surface area contributed by atoms with Crippen molar-refractivity contribution in [2.75, 3.05) is 17.6 Å². The van der Waals surface area contributed by atoms with E-state index in [0.717, 1.165) is 23.6 Å². The van der Waals surface area contributed by atoms with Crippen molar-refractivity contribution in [3.8, 4) is 5.69 Å². The molecule has 1 aromatic carbocycles. The third-order valence-electron chi connectivity index (χ3n) is 4.19. The monoisotopic (exact) mass is 314 g/mol. The van der Waals surface area contributed by atoms with Crippen LogP contribution in [-0.4, -0.2) is 16.1 Å². The van der Waals surface area contributed by atoms with Gasteiger partial charge in [-0.1, -0.05) is 51.9 Å². The van der Waals surface area contributed by atoms with Gasteiger partial charge in [0.1, 0.15) is 0 Å². The minimum Gasteiger partial charge on any atom is -0.397 e. The van der Waals surface area contributed by atoms with Crippen molar-refractivity contribution in [1.82, 2.24) is 9.55 Å². The van der Waals surface area contributed by atoms with Gasteiger partial charge in [0.05, 0.1) is 17.7 Å². The molecule has 0 aliphatic rings. The molecule has 0 aliphatic carbocycles. The smallest absolute Gasteiger partial charge is 0.0991 e. The van der Waals surface area contributed by atoms with Gasteiger partial charge in [0.15, 0.2) is 0 Å². The van der Waals surface area contributed by atoms with E-state index in [1.165, 1.54) is 51.4 Å². The van der Waals surface area contributed by atoms with Gasteiger partial charge in [-0.2, -0.15) is 0 Å². The second-order valence-corrected chi connectivity index (χ2v) is 6.14. The van der Waals surface area contributed by atoms with Gasteiger partial charge in [0.25, 0.3) is 0 Å². The van der Waals surface area contributed by atoms with Crippen molar-refractivity contribution in [3.05, 3.63) is 36.9 Å². The number of benzene rings is 1. The highest BCUT2D eigenvalue weighted by Gasteiger charge is 2.02. The van der Waals surface area contributed by atoms with Gasteiger partial charge >= 0.3 is 0 Å². The van der Waals surface area contributed by atoms with Gasteiger partial charge in [-0.05, 0) is 24.6 Å². The number of unbranched alkanes of at least 4 members (excludes halogenated alkanes) is 7. The first-order valence-corrected chi connectivity index (χ1v) is 8.93. The third kappa shape index (κ3) is 5.97. The van der Waals surface area contributed by atoms with Crippen LogP contribution in [0.25, 0.3) is 5.69 Å². The van der Waals surface area contributed by atoms with E-state index < -0.39 is 0 Å². The Bertz CT molecular complexity index is 549. The fourth-order valence-corrected chi connectivity index (χ4v) is 2.75. The molecule has 3 N–H and O–H groups in total.